The monoisotopic (exact) mass is 699 g/mol. The largest absolute Gasteiger partial charge is 0.481 e. The summed E-state index contributed by atoms with van der Waals surface area (Å²) in [5, 5.41) is 11.0. The summed E-state index contributed by atoms with van der Waals surface area (Å²) in [6, 6.07) is 15.2. The lowest BCUT2D eigenvalue weighted by Crippen LogP contribution is -2.37. The first-order valence-electron chi connectivity index (χ1n) is 16.1. The maximum atomic E-state index is 13.2. The number of anilines is 2. The number of amides is 1. The van der Waals surface area contributed by atoms with Crippen molar-refractivity contribution in [1.29, 1.82) is 0 Å². The van der Waals surface area contributed by atoms with Gasteiger partial charge < -0.3 is 20.7 Å². The van der Waals surface area contributed by atoms with Gasteiger partial charge in [-0.2, -0.15) is 0 Å². The Morgan fingerprint density at radius 3 is 2.41 bits per heavy atom. The summed E-state index contributed by atoms with van der Waals surface area (Å²) in [6.45, 7) is 2.49. The summed E-state index contributed by atoms with van der Waals surface area (Å²) in [5.41, 5.74) is 5.70. The van der Waals surface area contributed by atoms with E-state index in [1.807, 2.05) is 30.3 Å². The first-order valence-corrected chi connectivity index (χ1v) is 16.8. The summed E-state index contributed by atoms with van der Waals surface area (Å²) in [7, 11) is 4.68. The van der Waals surface area contributed by atoms with Crippen molar-refractivity contribution >= 4 is 51.5 Å². The summed E-state index contributed by atoms with van der Waals surface area (Å²) >= 11 is 14.2. The van der Waals surface area contributed by atoms with E-state index in [4.69, 9.17) is 32.9 Å². The third-order valence-corrected chi connectivity index (χ3v) is 10.3. The molecule has 0 saturated carbocycles. The molecule has 49 heavy (non-hydrogen) atoms. The molecule has 0 unspecified atom stereocenters. The van der Waals surface area contributed by atoms with E-state index in [2.05, 4.69) is 27.0 Å². The van der Waals surface area contributed by atoms with Gasteiger partial charge in [-0.15, -0.1) is 0 Å². The molecule has 2 atom stereocenters. The number of nitrogens with zero attached hydrogens (tertiary/aromatic N) is 4. The van der Waals surface area contributed by atoms with Crippen molar-refractivity contribution in [3.8, 4) is 28.3 Å². The summed E-state index contributed by atoms with van der Waals surface area (Å²) in [5.74, 6) is 0.939. The van der Waals surface area contributed by atoms with Gasteiger partial charge in [0.2, 0.25) is 11.8 Å². The lowest BCUT2D eigenvalue weighted by molar-refractivity contribution is -0.119. The highest BCUT2D eigenvalue weighted by Crippen LogP contribution is 2.44. The number of hydrogen-bond acceptors (Lipinski definition) is 8. The molecular formula is C36H35Cl2N7O4. The van der Waals surface area contributed by atoms with Crippen LogP contribution in [0.3, 0.4) is 0 Å². The Morgan fingerprint density at radius 1 is 0.939 bits per heavy atom. The third kappa shape index (κ3) is 5.85. The number of hydrogen-bond donors (Lipinski definition) is 3. The van der Waals surface area contributed by atoms with Crippen LogP contribution in [0.1, 0.15) is 42.1 Å². The number of halogens is 2. The van der Waals surface area contributed by atoms with Crippen LogP contribution in [0.5, 0.6) is 5.88 Å². The van der Waals surface area contributed by atoms with Gasteiger partial charge in [-0.3, -0.25) is 18.7 Å². The smallest absolute Gasteiger partial charge is 0.330 e. The van der Waals surface area contributed by atoms with Crippen LogP contribution in [0.25, 0.3) is 33.3 Å². The Morgan fingerprint density at radius 2 is 1.67 bits per heavy atom. The van der Waals surface area contributed by atoms with E-state index >= 15 is 0 Å². The van der Waals surface area contributed by atoms with E-state index in [1.165, 1.54) is 11.6 Å². The molecule has 3 N–H and O–H groups in total. The topological polar surface area (TPSA) is 132 Å². The van der Waals surface area contributed by atoms with Gasteiger partial charge in [0.1, 0.15) is 11.2 Å². The molecule has 13 heteroatoms. The van der Waals surface area contributed by atoms with Crippen LogP contribution < -0.4 is 31.9 Å². The summed E-state index contributed by atoms with van der Waals surface area (Å²) in [6.07, 6.45) is 3.15. The highest BCUT2D eigenvalue weighted by molar-refractivity contribution is 6.39. The lowest BCUT2D eigenvalue weighted by atomic mass is 9.99. The normalized spacial score (nSPS) is 17.0. The molecule has 1 fully saturated rings. The molecule has 7 rings (SSSR count). The second-order valence-electron chi connectivity index (χ2n) is 12.6. The molecule has 1 aliphatic carbocycles. The number of benzene rings is 2. The quantitative estimate of drug-likeness (QED) is 0.191. The minimum atomic E-state index is -0.460. The molecule has 1 saturated heterocycles. The zero-order valence-corrected chi connectivity index (χ0v) is 29.0. The molecule has 11 nitrogen and oxygen atoms in total. The van der Waals surface area contributed by atoms with Crippen molar-refractivity contribution in [3.05, 3.63) is 96.2 Å². The average Bonchev–Trinajstić information content (AvgIpc) is 3.71. The van der Waals surface area contributed by atoms with Crippen LogP contribution in [0.2, 0.25) is 10.0 Å². The van der Waals surface area contributed by atoms with Gasteiger partial charge in [0, 0.05) is 67.1 Å². The predicted octanol–water partition coefficient (Wildman–Crippen LogP) is 5.58. The molecule has 1 amide bonds. The molecule has 0 spiro atoms. The Bertz CT molecular complexity index is 2280. The fourth-order valence-corrected chi connectivity index (χ4v) is 7.52. The maximum Gasteiger partial charge on any atom is 0.330 e. The first-order chi connectivity index (χ1) is 23.5. The fourth-order valence-electron chi connectivity index (χ4n) is 6.92. The van der Waals surface area contributed by atoms with Gasteiger partial charge >= 0.3 is 5.69 Å². The number of rotatable bonds is 8. The molecular weight excluding hydrogens is 665 g/mol. The number of methoxy groups -OCH3 is 1. The van der Waals surface area contributed by atoms with Crippen molar-refractivity contribution in [2.45, 2.75) is 44.7 Å². The number of nitrogens with one attached hydrogen (secondary N) is 3. The Balaban J connectivity index is 1.23. The second-order valence-corrected chi connectivity index (χ2v) is 13.3. The number of aromatic nitrogens is 4. The number of aryl methyl sites for hydroxylation is 3. The minimum Gasteiger partial charge on any atom is -0.481 e. The van der Waals surface area contributed by atoms with Crippen molar-refractivity contribution in [2.24, 2.45) is 14.1 Å². The zero-order valence-electron chi connectivity index (χ0n) is 27.5. The molecule has 1 aliphatic heterocycles. The Labute approximate surface area is 292 Å². The highest BCUT2D eigenvalue weighted by atomic mass is 35.5. The number of pyridine rings is 2. The Hall–Kier alpha value is -4.71. The summed E-state index contributed by atoms with van der Waals surface area (Å²) in [4.78, 5) is 47.0. The first kappa shape index (κ1) is 32.8. The zero-order chi connectivity index (χ0) is 34.6. The molecule has 252 valence electrons. The predicted molar refractivity (Wildman–Crippen MR) is 192 cm³/mol. The van der Waals surface area contributed by atoms with Gasteiger partial charge in [0.15, 0.2) is 0 Å². The van der Waals surface area contributed by atoms with E-state index in [0.29, 0.717) is 68.4 Å². The van der Waals surface area contributed by atoms with E-state index < -0.39 is 11.2 Å². The van der Waals surface area contributed by atoms with Crippen LogP contribution in [0, 0.1) is 6.92 Å². The molecule has 0 bridgehead atoms. The molecule has 5 aromatic rings. The van der Waals surface area contributed by atoms with Gasteiger partial charge in [-0.1, -0.05) is 53.5 Å². The summed E-state index contributed by atoms with van der Waals surface area (Å²) < 4.78 is 8.30. The molecule has 2 aliphatic rings. The molecule has 3 aromatic heterocycles. The maximum absolute atomic E-state index is 13.2. The van der Waals surface area contributed by atoms with Gasteiger partial charge in [-0.25, -0.2) is 14.8 Å². The van der Waals surface area contributed by atoms with Crippen molar-refractivity contribution in [1.82, 2.24) is 29.7 Å². The van der Waals surface area contributed by atoms with E-state index in [9.17, 15) is 14.4 Å². The molecule has 2 aromatic carbocycles. The Kier molecular flexibility index (Phi) is 8.68. The van der Waals surface area contributed by atoms with Crippen LogP contribution >= 0.6 is 23.2 Å². The average molecular weight is 701 g/mol. The van der Waals surface area contributed by atoms with Gasteiger partial charge in [0.05, 0.1) is 34.1 Å². The van der Waals surface area contributed by atoms with E-state index in [-0.39, 0.29) is 23.4 Å². The van der Waals surface area contributed by atoms with E-state index in [0.717, 1.165) is 40.5 Å². The van der Waals surface area contributed by atoms with Crippen molar-refractivity contribution in [2.75, 3.05) is 19.0 Å². The third-order valence-electron chi connectivity index (χ3n) is 9.45. The highest BCUT2D eigenvalue weighted by Gasteiger charge is 2.30. The van der Waals surface area contributed by atoms with Crippen molar-refractivity contribution in [3.63, 3.8) is 0 Å². The molecule has 0 radical (unpaired) electrons. The number of carbonyl (C=O) groups is 1. The van der Waals surface area contributed by atoms with Crippen LogP contribution in [-0.2, 0) is 25.3 Å². The van der Waals surface area contributed by atoms with Crippen LogP contribution in [0.15, 0.2) is 58.1 Å². The number of fused-ring (bicyclic) bond motifs is 2. The van der Waals surface area contributed by atoms with Gasteiger partial charge in [-0.05, 0) is 49.9 Å². The fraction of sp³-hybridized carbons (Fsp3) is 0.306. The van der Waals surface area contributed by atoms with Crippen LogP contribution in [0.4, 0.5) is 11.5 Å². The second kappa shape index (κ2) is 13.0. The van der Waals surface area contributed by atoms with Gasteiger partial charge in [0.25, 0.3) is 5.56 Å². The SMILES string of the molecule is COc1nc(-c2cccc(-c3cccc(Nc4nc(C)cc5c4c(=O)n(C)c(=O)n5C)c3Cl)c2Cl)cc2c1[C@@H](NC[C@H]1CCC(=O)N1)CC2. The number of carbonyl (C=O) groups excluding carboxylic acids is 1. The standard InChI is InChI=1S/C36H35Cl2N7O4/c1-18-15-27-30(35(47)45(3)36(48)44(27)2)33(40-18)42-25-10-6-8-22(32(25)38)21-7-5-9-23(31(21)37)26-16-19-11-13-24(29(19)34(43-26)49-4)39-17-20-12-14-28(46)41-20/h5-10,15-16,20,24,39H,11-14,17H2,1-4H3,(H,40,42)(H,41,46)/t20-,24+/m1/s1. The lowest BCUT2D eigenvalue weighted by Gasteiger charge is -2.20. The van der Waals surface area contributed by atoms with E-state index in [1.54, 1.807) is 33.2 Å². The van der Waals surface area contributed by atoms with Crippen molar-refractivity contribution < 1.29 is 9.53 Å². The molecule has 4 heterocycles. The minimum absolute atomic E-state index is 0.0740. The van der Waals surface area contributed by atoms with Crippen LogP contribution in [-0.4, -0.2) is 44.7 Å². The number of ether oxygens (including phenoxy) is 1.